The maximum atomic E-state index is 12.8. The van der Waals surface area contributed by atoms with Crippen LogP contribution in [0.4, 0.5) is 0 Å². The molecule has 4 heteroatoms. The third kappa shape index (κ3) is 4.44. The van der Waals surface area contributed by atoms with Crippen molar-refractivity contribution in [3.63, 3.8) is 0 Å². The number of benzene rings is 2. The molecule has 0 aromatic heterocycles. The van der Waals surface area contributed by atoms with Crippen molar-refractivity contribution in [1.29, 1.82) is 0 Å². The second-order valence-electron chi connectivity index (χ2n) is 5.90. The maximum absolute atomic E-state index is 12.8. The zero-order valence-corrected chi connectivity index (χ0v) is 14.5. The van der Waals surface area contributed by atoms with Crippen LogP contribution < -0.4 is 5.32 Å². The molecule has 2 aromatic rings. The molecular weight excluding hydrogens is 300 g/mol. The quantitative estimate of drug-likeness (QED) is 0.888. The summed E-state index contributed by atoms with van der Waals surface area (Å²) < 4.78 is 0. The Morgan fingerprint density at radius 3 is 2.29 bits per heavy atom. The number of nitrogens with one attached hydrogen (secondary N) is 1. The number of hydrogen-bond acceptors (Lipinski definition) is 2. The molecule has 4 nitrogen and oxygen atoms in total. The molecule has 1 N–H and O–H groups in total. The van der Waals surface area contributed by atoms with Gasteiger partial charge in [0.2, 0.25) is 11.8 Å². The minimum absolute atomic E-state index is 0.0550. The van der Waals surface area contributed by atoms with Crippen molar-refractivity contribution in [3.8, 4) is 0 Å². The fourth-order valence-electron chi connectivity index (χ4n) is 2.63. The lowest BCUT2D eigenvalue weighted by Gasteiger charge is -2.29. The molecule has 0 saturated carbocycles. The minimum Gasteiger partial charge on any atom is -0.357 e. The van der Waals surface area contributed by atoms with E-state index in [1.165, 1.54) is 0 Å². The van der Waals surface area contributed by atoms with Gasteiger partial charge >= 0.3 is 0 Å². The number of rotatable bonds is 6. The molecule has 2 aromatic carbocycles. The Labute approximate surface area is 143 Å². The van der Waals surface area contributed by atoms with E-state index in [9.17, 15) is 9.59 Å². The maximum Gasteiger partial charge on any atom is 0.242 e. The van der Waals surface area contributed by atoms with Gasteiger partial charge in [0, 0.05) is 13.6 Å². The highest BCUT2D eigenvalue weighted by Gasteiger charge is 2.25. The largest absolute Gasteiger partial charge is 0.357 e. The fraction of sp³-hybridized carbons (Fsp3) is 0.300. The molecule has 1 atom stereocenters. The Kier molecular flexibility index (Phi) is 6.13. The average Bonchev–Trinajstić information content (AvgIpc) is 2.60. The topological polar surface area (TPSA) is 49.4 Å². The molecule has 0 bridgehead atoms. The van der Waals surface area contributed by atoms with Crippen molar-refractivity contribution < 1.29 is 9.59 Å². The van der Waals surface area contributed by atoms with Crippen molar-refractivity contribution in [1.82, 2.24) is 10.2 Å². The summed E-state index contributed by atoms with van der Waals surface area (Å²) in [5.74, 6) is -0.217. The van der Waals surface area contributed by atoms with Gasteiger partial charge in [0.15, 0.2) is 0 Å². The van der Waals surface area contributed by atoms with E-state index in [2.05, 4.69) is 5.32 Å². The molecule has 2 amide bonds. The van der Waals surface area contributed by atoms with E-state index in [0.29, 0.717) is 6.54 Å². The molecule has 126 valence electrons. The first kappa shape index (κ1) is 17.7. The van der Waals surface area contributed by atoms with Gasteiger partial charge in [-0.25, -0.2) is 0 Å². The highest BCUT2D eigenvalue weighted by atomic mass is 16.2. The first-order chi connectivity index (χ1) is 11.5. The van der Waals surface area contributed by atoms with Crippen LogP contribution in [-0.4, -0.2) is 29.8 Å². The van der Waals surface area contributed by atoms with E-state index in [1.807, 2.05) is 61.5 Å². The van der Waals surface area contributed by atoms with Gasteiger partial charge in [0.25, 0.3) is 0 Å². The fourth-order valence-corrected chi connectivity index (χ4v) is 2.63. The number of amides is 2. The molecular formula is C20H24N2O2. The van der Waals surface area contributed by atoms with Crippen molar-refractivity contribution in [2.45, 2.75) is 32.9 Å². The Bertz CT molecular complexity index is 698. The van der Waals surface area contributed by atoms with Crippen molar-refractivity contribution in [2.75, 3.05) is 7.05 Å². The van der Waals surface area contributed by atoms with Crippen molar-refractivity contribution >= 4 is 11.8 Å². The lowest BCUT2D eigenvalue weighted by Crippen LogP contribution is -2.47. The normalized spacial score (nSPS) is 11.6. The van der Waals surface area contributed by atoms with Gasteiger partial charge in [-0.15, -0.1) is 0 Å². The summed E-state index contributed by atoms with van der Waals surface area (Å²) >= 11 is 0. The Hall–Kier alpha value is -2.62. The van der Waals surface area contributed by atoms with Crippen molar-refractivity contribution in [2.24, 2.45) is 0 Å². The van der Waals surface area contributed by atoms with Crippen LogP contribution in [0.3, 0.4) is 0 Å². The van der Waals surface area contributed by atoms with E-state index in [-0.39, 0.29) is 18.2 Å². The molecule has 0 aliphatic rings. The van der Waals surface area contributed by atoms with Crippen LogP contribution in [-0.2, 0) is 22.6 Å². The molecule has 0 saturated heterocycles. The summed E-state index contributed by atoms with van der Waals surface area (Å²) in [5, 5.41) is 2.63. The second kappa shape index (κ2) is 8.29. The molecule has 0 fully saturated rings. The SMILES string of the molecule is CNC(=O)[C@@H](C)N(Cc1ccccc1C)C(=O)Cc1ccccc1. The average molecular weight is 324 g/mol. The van der Waals surface area contributed by atoms with Crippen LogP contribution in [0.1, 0.15) is 23.6 Å². The van der Waals surface area contributed by atoms with Gasteiger partial charge in [0.1, 0.15) is 6.04 Å². The number of carbonyl (C=O) groups is 2. The Morgan fingerprint density at radius 1 is 1.04 bits per heavy atom. The molecule has 0 spiro atoms. The van der Waals surface area contributed by atoms with Gasteiger partial charge in [-0.05, 0) is 30.5 Å². The standard InChI is InChI=1S/C20H24N2O2/c1-15-9-7-8-12-18(15)14-22(16(2)20(24)21-3)19(23)13-17-10-5-4-6-11-17/h4-12,16H,13-14H2,1-3H3,(H,21,24)/t16-/m1/s1. The number of nitrogens with zero attached hydrogens (tertiary/aromatic N) is 1. The monoisotopic (exact) mass is 324 g/mol. The number of likely N-dealkylation sites (N-methyl/N-ethyl adjacent to an activating group) is 1. The van der Waals surface area contributed by atoms with Crippen LogP contribution in [0.15, 0.2) is 54.6 Å². The van der Waals surface area contributed by atoms with E-state index >= 15 is 0 Å². The first-order valence-electron chi connectivity index (χ1n) is 8.12. The lowest BCUT2D eigenvalue weighted by atomic mass is 10.1. The highest BCUT2D eigenvalue weighted by molar-refractivity contribution is 5.88. The number of carbonyl (C=O) groups excluding carboxylic acids is 2. The first-order valence-corrected chi connectivity index (χ1v) is 8.12. The summed E-state index contributed by atoms with van der Waals surface area (Å²) in [5.41, 5.74) is 3.11. The summed E-state index contributed by atoms with van der Waals surface area (Å²) in [7, 11) is 1.59. The molecule has 0 unspecified atom stereocenters. The molecule has 0 aliphatic heterocycles. The molecule has 24 heavy (non-hydrogen) atoms. The summed E-state index contributed by atoms with van der Waals surface area (Å²) in [6.45, 7) is 4.20. The molecule has 2 rings (SSSR count). The van der Waals surface area contributed by atoms with Gasteiger partial charge in [-0.2, -0.15) is 0 Å². The van der Waals surface area contributed by atoms with E-state index in [0.717, 1.165) is 16.7 Å². The minimum atomic E-state index is -0.522. The number of aryl methyl sites for hydroxylation is 1. The van der Waals surface area contributed by atoms with Gasteiger partial charge in [-0.3, -0.25) is 9.59 Å². The Balaban J connectivity index is 2.23. The molecule has 0 radical (unpaired) electrons. The van der Waals surface area contributed by atoms with Crippen LogP contribution in [0.5, 0.6) is 0 Å². The zero-order chi connectivity index (χ0) is 17.5. The van der Waals surface area contributed by atoms with Crippen molar-refractivity contribution in [3.05, 3.63) is 71.3 Å². The van der Waals surface area contributed by atoms with Gasteiger partial charge < -0.3 is 10.2 Å². The zero-order valence-electron chi connectivity index (χ0n) is 14.5. The molecule has 0 heterocycles. The van der Waals surface area contributed by atoms with E-state index in [4.69, 9.17) is 0 Å². The number of hydrogen-bond donors (Lipinski definition) is 1. The summed E-state index contributed by atoms with van der Waals surface area (Å²) in [6, 6.07) is 17.0. The van der Waals surface area contributed by atoms with E-state index < -0.39 is 6.04 Å². The van der Waals surface area contributed by atoms with Crippen LogP contribution in [0.25, 0.3) is 0 Å². The second-order valence-corrected chi connectivity index (χ2v) is 5.90. The smallest absolute Gasteiger partial charge is 0.242 e. The van der Waals surface area contributed by atoms with Gasteiger partial charge in [-0.1, -0.05) is 54.6 Å². The van der Waals surface area contributed by atoms with Crippen LogP contribution in [0, 0.1) is 6.92 Å². The predicted molar refractivity (Wildman–Crippen MR) is 95.4 cm³/mol. The van der Waals surface area contributed by atoms with Crippen LogP contribution in [0.2, 0.25) is 0 Å². The third-order valence-corrected chi connectivity index (χ3v) is 4.21. The van der Waals surface area contributed by atoms with Gasteiger partial charge in [0.05, 0.1) is 6.42 Å². The summed E-state index contributed by atoms with van der Waals surface area (Å²) in [6.07, 6.45) is 0.286. The Morgan fingerprint density at radius 2 is 1.67 bits per heavy atom. The lowest BCUT2D eigenvalue weighted by molar-refractivity contribution is -0.139. The van der Waals surface area contributed by atoms with Crippen LogP contribution >= 0.6 is 0 Å². The third-order valence-electron chi connectivity index (χ3n) is 4.21. The summed E-state index contributed by atoms with van der Waals surface area (Å²) in [4.78, 5) is 26.6. The predicted octanol–water partition coefficient (Wildman–Crippen LogP) is 2.70. The highest BCUT2D eigenvalue weighted by Crippen LogP contribution is 2.15. The molecule has 0 aliphatic carbocycles. The van der Waals surface area contributed by atoms with E-state index in [1.54, 1.807) is 18.9 Å².